The Morgan fingerprint density at radius 3 is 2.75 bits per heavy atom. The number of oxazole rings is 1. The van der Waals surface area contributed by atoms with E-state index in [0.717, 1.165) is 35.0 Å². The second-order valence-corrected chi connectivity index (χ2v) is 9.92. The zero-order valence-corrected chi connectivity index (χ0v) is 23.2. The van der Waals surface area contributed by atoms with Gasteiger partial charge in [0.2, 0.25) is 0 Å². The number of nitriles is 1. The molecule has 2 aromatic carbocycles. The molecule has 0 saturated carbocycles. The second kappa shape index (κ2) is 14.8. The SMILES string of the molecule is CCCCOCCn1c(=O)oc2ccc(-c3ccc(C[C@@H](C#N)NC(=O)[C@@H]4CNC[C@@H](OC)CCO4)cc3)cc21. The van der Waals surface area contributed by atoms with Gasteiger partial charge >= 0.3 is 5.76 Å². The van der Waals surface area contributed by atoms with E-state index in [4.69, 9.17) is 18.6 Å². The largest absolute Gasteiger partial charge is 0.420 e. The van der Waals surface area contributed by atoms with Crippen molar-refractivity contribution in [1.82, 2.24) is 15.2 Å². The molecule has 40 heavy (non-hydrogen) atoms. The van der Waals surface area contributed by atoms with Gasteiger partial charge in [-0.2, -0.15) is 5.26 Å². The number of hydrogen-bond acceptors (Lipinski definition) is 8. The first-order valence-electron chi connectivity index (χ1n) is 13.9. The van der Waals surface area contributed by atoms with Crippen molar-refractivity contribution in [3.8, 4) is 17.2 Å². The predicted molar refractivity (Wildman–Crippen MR) is 151 cm³/mol. The maximum atomic E-state index is 12.8. The first-order chi connectivity index (χ1) is 19.5. The van der Waals surface area contributed by atoms with Crippen LogP contribution in [-0.2, 0) is 32.0 Å². The lowest BCUT2D eigenvalue weighted by Crippen LogP contribution is -2.49. The van der Waals surface area contributed by atoms with Crippen LogP contribution in [0.25, 0.3) is 22.2 Å². The van der Waals surface area contributed by atoms with Crippen LogP contribution in [-0.4, -0.2) is 68.7 Å². The number of rotatable bonds is 12. The number of unbranched alkanes of at least 4 members (excludes halogenated alkanes) is 1. The maximum absolute atomic E-state index is 12.8. The van der Waals surface area contributed by atoms with Crippen molar-refractivity contribution < 1.29 is 23.4 Å². The molecule has 0 aliphatic carbocycles. The second-order valence-electron chi connectivity index (χ2n) is 9.92. The lowest BCUT2D eigenvalue weighted by Gasteiger charge is -2.25. The number of aromatic nitrogens is 1. The van der Waals surface area contributed by atoms with Gasteiger partial charge in [0, 0.05) is 33.2 Å². The molecule has 3 atom stereocenters. The molecule has 1 fully saturated rings. The molecule has 0 unspecified atom stereocenters. The average Bonchev–Trinajstić information content (AvgIpc) is 3.26. The van der Waals surface area contributed by atoms with Crippen LogP contribution in [0.15, 0.2) is 51.7 Å². The van der Waals surface area contributed by atoms with Crippen LogP contribution in [0.5, 0.6) is 0 Å². The summed E-state index contributed by atoms with van der Waals surface area (Å²) in [7, 11) is 1.66. The molecular weight excluding hydrogens is 512 g/mol. The van der Waals surface area contributed by atoms with Gasteiger partial charge in [0.05, 0.1) is 37.4 Å². The molecule has 4 rings (SSSR count). The van der Waals surface area contributed by atoms with Gasteiger partial charge in [-0.3, -0.25) is 9.36 Å². The molecule has 10 heteroatoms. The number of benzene rings is 2. The van der Waals surface area contributed by atoms with Gasteiger partial charge in [0.1, 0.15) is 12.1 Å². The van der Waals surface area contributed by atoms with Crippen LogP contribution in [0.1, 0.15) is 31.7 Å². The van der Waals surface area contributed by atoms with Crippen LogP contribution in [0, 0.1) is 11.3 Å². The summed E-state index contributed by atoms with van der Waals surface area (Å²) < 4.78 is 23.7. The summed E-state index contributed by atoms with van der Waals surface area (Å²) in [5.41, 5.74) is 4.08. The number of nitrogens with one attached hydrogen (secondary N) is 2. The Bertz CT molecular complexity index is 1330. The summed E-state index contributed by atoms with van der Waals surface area (Å²) in [6.45, 7) is 5.09. The summed E-state index contributed by atoms with van der Waals surface area (Å²) in [4.78, 5) is 25.1. The Hall–Kier alpha value is -3.49. The number of methoxy groups -OCH3 is 1. The van der Waals surface area contributed by atoms with E-state index in [1.165, 1.54) is 0 Å². The third kappa shape index (κ3) is 7.79. The third-order valence-corrected chi connectivity index (χ3v) is 7.05. The van der Waals surface area contributed by atoms with Gasteiger partial charge in [-0.1, -0.05) is 43.7 Å². The number of nitrogens with zero attached hydrogens (tertiary/aromatic N) is 2. The number of carbonyl (C=O) groups excluding carboxylic acids is 1. The molecule has 0 radical (unpaired) electrons. The third-order valence-electron chi connectivity index (χ3n) is 7.05. The maximum Gasteiger partial charge on any atom is 0.420 e. The quantitative estimate of drug-likeness (QED) is 0.330. The minimum atomic E-state index is -0.685. The molecule has 1 aromatic heterocycles. The molecule has 1 aliphatic rings. The summed E-state index contributed by atoms with van der Waals surface area (Å²) in [5, 5.41) is 15.7. The standard InChI is InChI=1S/C30H38N4O6/c1-3-4-13-38-15-12-34-26-17-23(9-10-27(26)40-30(34)36)22-7-5-21(6-8-22)16-24(18-31)33-29(35)28-20-32-19-25(37-2)11-14-39-28/h5-10,17,24-25,28,32H,3-4,11-16,19-20H2,1-2H3,(H,33,35)/t24-,25-,28-/m0/s1. The van der Waals surface area contributed by atoms with Crippen molar-refractivity contribution in [2.75, 3.05) is 40.0 Å². The summed E-state index contributed by atoms with van der Waals surface area (Å²) in [6, 6.07) is 15.0. The topological polar surface area (TPSA) is 128 Å². The van der Waals surface area contributed by atoms with Crippen LogP contribution >= 0.6 is 0 Å². The van der Waals surface area contributed by atoms with Crippen LogP contribution in [0.4, 0.5) is 0 Å². The zero-order chi connectivity index (χ0) is 28.3. The smallest absolute Gasteiger partial charge is 0.408 e. The Labute approximate surface area is 234 Å². The Balaban J connectivity index is 1.37. The zero-order valence-electron chi connectivity index (χ0n) is 23.2. The fraction of sp³-hybridized carbons (Fsp3) is 0.500. The van der Waals surface area contributed by atoms with E-state index < -0.39 is 17.9 Å². The van der Waals surface area contributed by atoms with E-state index in [1.54, 1.807) is 17.7 Å². The van der Waals surface area contributed by atoms with Crippen molar-refractivity contribution in [2.45, 2.75) is 57.4 Å². The van der Waals surface area contributed by atoms with Crippen molar-refractivity contribution in [3.05, 3.63) is 58.6 Å². The molecule has 1 saturated heterocycles. The van der Waals surface area contributed by atoms with E-state index in [9.17, 15) is 14.9 Å². The highest BCUT2D eigenvalue weighted by molar-refractivity contribution is 5.82. The average molecular weight is 551 g/mol. The van der Waals surface area contributed by atoms with Crippen molar-refractivity contribution in [2.24, 2.45) is 0 Å². The molecule has 2 heterocycles. The first-order valence-corrected chi connectivity index (χ1v) is 13.9. The molecule has 0 bridgehead atoms. The Morgan fingerprint density at radius 1 is 1.20 bits per heavy atom. The van der Waals surface area contributed by atoms with E-state index in [0.29, 0.717) is 57.9 Å². The van der Waals surface area contributed by atoms with Gasteiger partial charge in [-0.25, -0.2) is 4.79 Å². The number of hydrogen-bond donors (Lipinski definition) is 2. The molecular formula is C30H38N4O6. The Morgan fingerprint density at radius 2 is 2.00 bits per heavy atom. The van der Waals surface area contributed by atoms with Crippen molar-refractivity contribution in [3.63, 3.8) is 0 Å². The minimum absolute atomic E-state index is 0.0559. The van der Waals surface area contributed by atoms with Crippen LogP contribution in [0.2, 0.25) is 0 Å². The molecule has 2 N–H and O–H groups in total. The first kappa shape index (κ1) is 29.5. The highest BCUT2D eigenvalue weighted by atomic mass is 16.5. The highest BCUT2D eigenvalue weighted by Crippen LogP contribution is 2.25. The van der Waals surface area contributed by atoms with E-state index >= 15 is 0 Å². The summed E-state index contributed by atoms with van der Waals surface area (Å²) in [6.07, 6.45) is 2.51. The molecule has 3 aromatic rings. The number of amides is 1. The van der Waals surface area contributed by atoms with Gasteiger partial charge < -0.3 is 29.3 Å². The number of ether oxygens (including phenoxy) is 3. The van der Waals surface area contributed by atoms with Crippen molar-refractivity contribution in [1.29, 1.82) is 5.26 Å². The molecule has 214 valence electrons. The van der Waals surface area contributed by atoms with Gasteiger partial charge in [-0.05, 0) is 41.7 Å². The number of carbonyl (C=O) groups is 1. The molecule has 10 nitrogen and oxygen atoms in total. The summed E-state index contributed by atoms with van der Waals surface area (Å²) >= 11 is 0. The lowest BCUT2D eigenvalue weighted by molar-refractivity contribution is -0.134. The van der Waals surface area contributed by atoms with Crippen LogP contribution < -0.4 is 16.4 Å². The van der Waals surface area contributed by atoms with E-state index in [2.05, 4.69) is 23.6 Å². The van der Waals surface area contributed by atoms with Crippen molar-refractivity contribution >= 4 is 17.0 Å². The Kier molecular flexibility index (Phi) is 10.9. The minimum Gasteiger partial charge on any atom is -0.408 e. The summed E-state index contributed by atoms with van der Waals surface area (Å²) in [5.74, 6) is -0.701. The van der Waals surface area contributed by atoms with Gasteiger partial charge in [0.25, 0.3) is 5.91 Å². The fourth-order valence-electron chi connectivity index (χ4n) is 4.67. The van der Waals surface area contributed by atoms with E-state index in [-0.39, 0.29) is 12.0 Å². The fourth-order valence-corrected chi connectivity index (χ4v) is 4.67. The lowest BCUT2D eigenvalue weighted by atomic mass is 10.0. The molecule has 1 aliphatic heterocycles. The van der Waals surface area contributed by atoms with E-state index in [1.807, 2.05) is 36.4 Å². The predicted octanol–water partition coefficient (Wildman–Crippen LogP) is 3.02. The van der Waals surface area contributed by atoms with Gasteiger partial charge in [0.15, 0.2) is 5.58 Å². The van der Waals surface area contributed by atoms with Crippen LogP contribution in [0.3, 0.4) is 0 Å². The van der Waals surface area contributed by atoms with Gasteiger partial charge in [-0.15, -0.1) is 0 Å². The highest BCUT2D eigenvalue weighted by Gasteiger charge is 2.25. The monoisotopic (exact) mass is 550 g/mol. The number of fused-ring (bicyclic) bond motifs is 1. The molecule has 1 amide bonds. The normalized spacial score (nSPS) is 18.5. The molecule has 0 spiro atoms.